The van der Waals surface area contributed by atoms with Crippen molar-refractivity contribution >= 4 is 16.8 Å². The summed E-state index contributed by atoms with van der Waals surface area (Å²) in [5.41, 5.74) is 1.31. The van der Waals surface area contributed by atoms with Crippen LogP contribution in [0.3, 0.4) is 0 Å². The Hall–Kier alpha value is -2.57. The molecule has 7 heteroatoms. The number of halogens is 2. The highest BCUT2D eigenvalue weighted by molar-refractivity contribution is 5.79. The molecule has 3 aromatic rings. The van der Waals surface area contributed by atoms with Gasteiger partial charge in [-0.1, -0.05) is 5.16 Å². The summed E-state index contributed by atoms with van der Waals surface area (Å²) in [6.45, 7) is 1.35. The minimum Gasteiger partial charge on any atom is -0.356 e. The molecule has 0 spiro atoms. The second-order valence-corrected chi connectivity index (χ2v) is 5.66. The average Bonchev–Trinajstić information content (AvgIpc) is 2.98. The summed E-state index contributed by atoms with van der Waals surface area (Å²) in [6, 6.07) is 4.46. The normalized spacial score (nSPS) is 16.2. The Bertz CT molecular complexity index is 843. The van der Waals surface area contributed by atoms with E-state index in [0.717, 1.165) is 23.9 Å². The van der Waals surface area contributed by atoms with Gasteiger partial charge in [0.25, 0.3) is 0 Å². The lowest BCUT2D eigenvalue weighted by molar-refractivity contribution is 0.414. The summed E-state index contributed by atoms with van der Waals surface area (Å²) in [5.74, 6) is -0.198. The van der Waals surface area contributed by atoms with Crippen molar-refractivity contribution in [3.8, 4) is 0 Å². The topological polar surface area (TPSA) is 55.1 Å². The van der Waals surface area contributed by atoms with Crippen LogP contribution in [0.5, 0.6) is 0 Å². The first-order valence-corrected chi connectivity index (χ1v) is 7.47. The molecule has 4 rings (SSSR count). The number of piperidine rings is 1. The molecule has 0 saturated carbocycles. The molecule has 5 nitrogen and oxygen atoms in total. The molecule has 0 atom stereocenters. The number of hydrogen-bond acceptors (Lipinski definition) is 5. The van der Waals surface area contributed by atoms with Gasteiger partial charge in [-0.3, -0.25) is 0 Å². The van der Waals surface area contributed by atoms with Gasteiger partial charge >= 0.3 is 0 Å². The van der Waals surface area contributed by atoms with Gasteiger partial charge in [-0.05, 0) is 25.0 Å². The van der Waals surface area contributed by atoms with E-state index in [4.69, 9.17) is 4.52 Å². The van der Waals surface area contributed by atoms with E-state index in [1.54, 1.807) is 6.07 Å². The van der Waals surface area contributed by atoms with Gasteiger partial charge in [-0.15, -0.1) is 0 Å². The van der Waals surface area contributed by atoms with Gasteiger partial charge in [0.05, 0.1) is 11.9 Å². The Morgan fingerprint density at radius 3 is 2.78 bits per heavy atom. The fourth-order valence-electron chi connectivity index (χ4n) is 3.13. The second-order valence-electron chi connectivity index (χ2n) is 5.66. The van der Waals surface area contributed by atoms with Crippen molar-refractivity contribution in [1.29, 1.82) is 0 Å². The SMILES string of the molecule is Fc1ccc2c(C3CCN(c4ncncc4F)CC3)noc2c1. The first kappa shape index (κ1) is 14.0. The maximum atomic E-state index is 13.8. The lowest BCUT2D eigenvalue weighted by Crippen LogP contribution is -2.34. The first-order chi connectivity index (χ1) is 11.2. The van der Waals surface area contributed by atoms with Gasteiger partial charge in [0, 0.05) is 30.5 Å². The highest BCUT2D eigenvalue weighted by Crippen LogP contribution is 2.34. The van der Waals surface area contributed by atoms with Crippen LogP contribution in [-0.2, 0) is 0 Å². The number of nitrogens with zero attached hydrogens (tertiary/aromatic N) is 4. The Morgan fingerprint density at radius 2 is 2.00 bits per heavy atom. The average molecular weight is 316 g/mol. The third-order valence-electron chi connectivity index (χ3n) is 4.29. The molecule has 118 valence electrons. The Balaban J connectivity index is 1.54. The number of aromatic nitrogens is 3. The maximum absolute atomic E-state index is 13.8. The summed E-state index contributed by atoms with van der Waals surface area (Å²) >= 11 is 0. The predicted molar refractivity (Wildman–Crippen MR) is 80.1 cm³/mol. The van der Waals surface area contributed by atoms with Crippen LogP contribution in [-0.4, -0.2) is 28.2 Å². The van der Waals surface area contributed by atoms with E-state index in [0.29, 0.717) is 24.5 Å². The Morgan fingerprint density at radius 1 is 1.17 bits per heavy atom. The molecule has 1 aliphatic heterocycles. The predicted octanol–water partition coefficient (Wildman–Crippen LogP) is 3.28. The zero-order chi connectivity index (χ0) is 15.8. The van der Waals surface area contributed by atoms with Crippen molar-refractivity contribution in [3.05, 3.63) is 48.1 Å². The number of hydrogen-bond donors (Lipinski definition) is 0. The summed E-state index contributed by atoms with van der Waals surface area (Å²) in [5, 5.41) is 4.96. The molecule has 0 aliphatic carbocycles. The molecule has 2 aromatic heterocycles. The largest absolute Gasteiger partial charge is 0.356 e. The zero-order valence-electron chi connectivity index (χ0n) is 12.2. The van der Waals surface area contributed by atoms with Crippen molar-refractivity contribution in [2.75, 3.05) is 18.0 Å². The van der Waals surface area contributed by atoms with Gasteiger partial charge in [0.1, 0.15) is 12.1 Å². The van der Waals surface area contributed by atoms with Crippen molar-refractivity contribution in [3.63, 3.8) is 0 Å². The highest BCUT2D eigenvalue weighted by atomic mass is 19.1. The maximum Gasteiger partial charge on any atom is 0.183 e. The third kappa shape index (κ3) is 2.52. The molecule has 1 aromatic carbocycles. The molecule has 0 N–H and O–H groups in total. The van der Waals surface area contributed by atoms with Crippen LogP contribution in [0.4, 0.5) is 14.6 Å². The van der Waals surface area contributed by atoms with Gasteiger partial charge in [0.2, 0.25) is 0 Å². The van der Waals surface area contributed by atoms with E-state index in [2.05, 4.69) is 15.1 Å². The van der Waals surface area contributed by atoms with Crippen LogP contribution < -0.4 is 4.90 Å². The first-order valence-electron chi connectivity index (χ1n) is 7.47. The van der Waals surface area contributed by atoms with Crippen LogP contribution in [0.1, 0.15) is 24.5 Å². The molecule has 23 heavy (non-hydrogen) atoms. The number of anilines is 1. The summed E-state index contributed by atoms with van der Waals surface area (Å²) in [4.78, 5) is 9.60. The van der Waals surface area contributed by atoms with Gasteiger partial charge < -0.3 is 9.42 Å². The molecular weight excluding hydrogens is 302 g/mol. The van der Waals surface area contributed by atoms with Crippen molar-refractivity contribution in [2.24, 2.45) is 0 Å². The van der Waals surface area contributed by atoms with E-state index in [9.17, 15) is 8.78 Å². The van der Waals surface area contributed by atoms with Crippen LogP contribution >= 0.6 is 0 Å². The van der Waals surface area contributed by atoms with Crippen LogP contribution in [0, 0.1) is 11.6 Å². The van der Waals surface area contributed by atoms with E-state index in [1.807, 2.05) is 4.90 Å². The van der Waals surface area contributed by atoms with E-state index in [1.165, 1.54) is 24.7 Å². The van der Waals surface area contributed by atoms with E-state index >= 15 is 0 Å². The van der Waals surface area contributed by atoms with Crippen molar-refractivity contribution in [2.45, 2.75) is 18.8 Å². The fourth-order valence-corrected chi connectivity index (χ4v) is 3.13. The molecule has 1 saturated heterocycles. The van der Waals surface area contributed by atoms with Crippen molar-refractivity contribution < 1.29 is 13.3 Å². The molecule has 1 aliphatic rings. The molecule has 0 amide bonds. The van der Waals surface area contributed by atoms with E-state index in [-0.39, 0.29) is 11.7 Å². The van der Waals surface area contributed by atoms with Crippen molar-refractivity contribution in [1.82, 2.24) is 15.1 Å². The number of fused-ring (bicyclic) bond motifs is 1. The fraction of sp³-hybridized carbons (Fsp3) is 0.312. The molecule has 0 unspecified atom stereocenters. The highest BCUT2D eigenvalue weighted by Gasteiger charge is 2.26. The molecule has 3 heterocycles. The van der Waals surface area contributed by atoms with E-state index < -0.39 is 5.82 Å². The lowest BCUT2D eigenvalue weighted by Gasteiger charge is -2.32. The molecular formula is C16H14F2N4O. The van der Waals surface area contributed by atoms with Gasteiger partial charge in [-0.25, -0.2) is 18.7 Å². The van der Waals surface area contributed by atoms with Crippen LogP contribution in [0.2, 0.25) is 0 Å². The lowest BCUT2D eigenvalue weighted by atomic mass is 9.91. The second kappa shape index (κ2) is 5.57. The minimum absolute atomic E-state index is 0.211. The Kier molecular flexibility index (Phi) is 3.40. The minimum atomic E-state index is -0.409. The Labute approximate surface area is 130 Å². The third-order valence-corrected chi connectivity index (χ3v) is 4.29. The molecule has 0 bridgehead atoms. The van der Waals surface area contributed by atoms with Crippen LogP contribution in [0.15, 0.2) is 35.2 Å². The van der Waals surface area contributed by atoms with Gasteiger partial charge in [-0.2, -0.15) is 0 Å². The summed E-state index contributed by atoms with van der Waals surface area (Å²) in [6.07, 6.45) is 4.14. The standard InChI is InChI=1S/C16H14F2N4O/c17-11-1-2-12-14(7-11)23-21-15(12)10-3-5-22(6-4-10)16-13(18)8-19-9-20-16/h1-2,7-10H,3-6H2. The summed E-state index contributed by atoms with van der Waals surface area (Å²) < 4.78 is 32.2. The van der Waals surface area contributed by atoms with Crippen LogP contribution in [0.25, 0.3) is 11.0 Å². The number of benzene rings is 1. The molecule has 0 radical (unpaired) electrons. The monoisotopic (exact) mass is 316 g/mol. The summed E-state index contributed by atoms with van der Waals surface area (Å²) in [7, 11) is 0. The number of rotatable bonds is 2. The zero-order valence-corrected chi connectivity index (χ0v) is 12.2. The van der Waals surface area contributed by atoms with Gasteiger partial charge in [0.15, 0.2) is 17.2 Å². The molecule has 1 fully saturated rings. The smallest absolute Gasteiger partial charge is 0.183 e. The quantitative estimate of drug-likeness (QED) is 0.726.